The number of carbonyl (C=O) groups is 1. The van der Waals surface area contributed by atoms with E-state index in [0.29, 0.717) is 0 Å². The maximum Gasteiger partial charge on any atom is 0.318 e. The molecule has 1 unspecified atom stereocenters. The summed E-state index contributed by atoms with van der Waals surface area (Å²) >= 11 is 0. The monoisotopic (exact) mass is 207 g/mol. The number of nitrogens with two attached hydrogens (primary N) is 1. The number of hydrogen-bond donors (Lipinski definition) is 3. The lowest BCUT2D eigenvalue weighted by molar-refractivity contribution is 0.254. The van der Waals surface area contributed by atoms with Crippen LogP contribution >= 0.6 is 0 Å². The SMILES string of the molecule is CNC(=O)Nc1cccc(CC(C)N)c1. The maximum atomic E-state index is 11.1. The number of benzene rings is 1. The molecule has 82 valence electrons. The molecule has 0 aliphatic rings. The van der Waals surface area contributed by atoms with Crippen LogP contribution in [0.15, 0.2) is 24.3 Å². The van der Waals surface area contributed by atoms with Crippen molar-refractivity contribution >= 4 is 11.7 Å². The van der Waals surface area contributed by atoms with Gasteiger partial charge < -0.3 is 16.4 Å². The lowest BCUT2D eigenvalue weighted by Crippen LogP contribution is -2.24. The smallest absolute Gasteiger partial charge is 0.318 e. The van der Waals surface area contributed by atoms with Gasteiger partial charge in [-0.15, -0.1) is 0 Å². The standard InChI is InChI=1S/C11H17N3O/c1-8(12)6-9-4-3-5-10(7-9)14-11(15)13-2/h3-5,7-8H,6,12H2,1-2H3,(H2,13,14,15). The van der Waals surface area contributed by atoms with Crippen molar-refractivity contribution in [1.29, 1.82) is 0 Å². The molecule has 0 heterocycles. The first-order valence-electron chi connectivity index (χ1n) is 4.95. The number of rotatable bonds is 3. The summed E-state index contributed by atoms with van der Waals surface area (Å²) in [5.74, 6) is 0. The van der Waals surface area contributed by atoms with Gasteiger partial charge in [-0.25, -0.2) is 4.79 Å². The fourth-order valence-corrected chi connectivity index (χ4v) is 1.34. The third-order valence-electron chi connectivity index (χ3n) is 1.97. The molecule has 0 fully saturated rings. The first-order valence-corrected chi connectivity index (χ1v) is 4.95. The molecule has 4 N–H and O–H groups in total. The van der Waals surface area contributed by atoms with Gasteiger partial charge in [0.25, 0.3) is 0 Å². The molecule has 0 bridgehead atoms. The summed E-state index contributed by atoms with van der Waals surface area (Å²) in [4.78, 5) is 11.1. The minimum atomic E-state index is -0.215. The van der Waals surface area contributed by atoms with E-state index in [9.17, 15) is 4.79 Å². The molecule has 1 rings (SSSR count). The minimum absolute atomic E-state index is 0.125. The molecule has 0 saturated heterocycles. The van der Waals surface area contributed by atoms with Crippen LogP contribution in [0.4, 0.5) is 10.5 Å². The average molecular weight is 207 g/mol. The summed E-state index contributed by atoms with van der Waals surface area (Å²) in [6, 6.07) is 7.59. The van der Waals surface area contributed by atoms with Gasteiger partial charge in [0.2, 0.25) is 0 Å². The molecule has 0 radical (unpaired) electrons. The minimum Gasteiger partial charge on any atom is -0.341 e. The van der Waals surface area contributed by atoms with E-state index in [4.69, 9.17) is 5.73 Å². The Morgan fingerprint density at radius 3 is 2.87 bits per heavy atom. The Balaban J connectivity index is 2.69. The van der Waals surface area contributed by atoms with Gasteiger partial charge in [-0.2, -0.15) is 0 Å². The van der Waals surface area contributed by atoms with Crippen LogP contribution in [-0.2, 0) is 6.42 Å². The zero-order valence-corrected chi connectivity index (χ0v) is 9.08. The van der Waals surface area contributed by atoms with Crippen molar-refractivity contribution in [3.05, 3.63) is 29.8 Å². The fraction of sp³-hybridized carbons (Fsp3) is 0.364. The Labute approximate surface area is 89.9 Å². The Kier molecular flexibility index (Phi) is 4.12. The van der Waals surface area contributed by atoms with E-state index < -0.39 is 0 Å². The highest BCUT2D eigenvalue weighted by Crippen LogP contribution is 2.11. The molecule has 0 aliphatic heterocycles. The molecule has 1 aromatic rings. The van der Waals surface area contributed by atoms with Gasteiger partial charge in [0, 0.05) is 18.8 Å². The van der Waals surface area contributed by atoms with Crippen molar-refractivity contribution in [2.75, 3.05) is 12.4 Å². The van der Waals surface area contributed by atoms with E-state index in [0.717, 1.165) is 17.7 Å². The van der Waals surface area contributed by atoms with E-state index in [-0.39, 0.29) is 12.1 Å². The Morgan fingerprint density at radius 1 is 1.53 bits per heavy atom. The van der Waals surface area contributed by atoms with Crippen LogP contribution in [0.2, 0.25) is 0 Å². The number of nitrogens with one attached hydrogen (secondary N) is 2. The Hall–Kier alpha value is -1.55. The van der Waals surface area contributed by atoms with Gasteiger partial charge in [-0.05, 0) is 31.0 Å². The highest BCUT2D eigenvalue weighted by molar-refractivity contribution is 5.89. The predicted octanol–water partition coefficient (Wildman–Crippen LogP) is 1.33. The van der Waals surface area contributed by atoms with Crippen LogP contribution < -0.4 is 16.4 Å². The second kappa shape index (κ2) is 5.36. The molecule has 0 aliphatic carbocycles. The first kappa shape index (κ1) is 11.5. The quantitative estimate of drug-likeness (QED) is 0.700. The highest BCUT2D eigenvalue weighted by Gasteiger charge is 2.01. The molecule has 0 spiro atoms. The van der Waals surface area contributed by atoms with Gasteiger partial charge in [-0.3, -0.25) is 0 Å². The molecule has 0 saturated carbocycles. The topological polar surface area (TPSA) is 67.2 Å². The lowest BCUT2D eigenvalue weighted by atomic mass is 10.1. The molecule has 0 aromatic heterocycles. The van der Waals surface area contributed by atoms with Gasteiger partial charge >= 0.3 is 6.03 Å². The summed E-state index contributed by atoms with van der Waals surface area (Å²) < 4.78 is 0. The molecule has 1 atom stereocenters. The third-order valence-corrected chi connectivity index (χ3v) is 1.97. The van der Waals surface area contributed by atoms with Gasteiger partial charge in [0.1, 0.15) is 0 Å². The van der Waals surface area contributed by atoms with Crippen LogP contribution in [-0.4, -0.2) is 19.1 Å². The summed E-state index contributed by atoms with van der Waals surface area (Å²) in [7, 11) is 1.58. The van der Waals surface area contributed by atoms with Crippen molar-refractivity contribution in [1.82, 2.24) is 5.32 Å². The van der Waals surface area contributed by atoms with Crippen LogP contribution in [0, 0.1) is 0 Å². The highest BCUT2D eigenvalue weighted by atomic mass is 16.2. The van der Waals surface area contributed by atoms with Crippen molar-refractivity contribution < 1.29 is 4.79 Å². The molecule has 4 nitrogen and oxygen atoms in total. The zero-order valence-electron chi connectivity index (χ0n) is 9.08. The van der Waals surface area contributed by atoms with E-state index >= 15 is 0 Å². The third kappa shape index (κ3) is 3.99. The number of anilines is 1. The number of carbonyl (C=O) groups excluding carboxylic acids is 1. The summed E-state index contributed by atoms with van der Waals surface area (Å²) in [5, 5.41) is 5.21. The van der Waals surface area contributed by atoms with E-state index in [1.54, 1.807) is 7.05 Å². The largest absolute Gasteiger partial charge is 0.341 e. The molecule has 1 aromatic carbocycles. The summed E-state index contributed by atoms with van der Waals surface area (Å²) in [6.45, 7) is 1.96. The number of amides is 2. The average Bonchev–Trinajstić information content (AvgIpc) is 2.17. The van der Waals surface area contributed by atoms with E-state index in [2.05, 4.69) is 10.6 Å². The van der Waals surface area contributed by atoms with E-state index in [1.807, 2.05) is 31.2 Å². The van der Waals surface area contributed by atoms with E-state index in [1.165, 1.54) is 0 Å². The molecule has 4 heteroatoms. The van der Waals surface area contributed by atoms with Crippen molar-refractivity contribution in [3.63, 3.8) is 0 Å². The first-order chi connectivity index (χ1) is 7.11. The summed E-state index contributed by atoms with van der Waals surface area (Å²) in [5.41, 5.74) is 7.61. The van der Waals surface area contributed by atoms with Crippen LogP contribution in [0.3, 0.4) is 0 Å². The maximum absolute atomic E-state index is 11.1. The van der Waals surface area contributed by atoms with Gasteiger partial charge in [0.15, 0.2) is 0 Å². The Morgan fingerprint density at radius 2 is 2.27 bits per heavy atom. The van der Waals surface area contributed by atoms with Crippen LogP contribution in [0.25, 0.3) is 0 Å². The Bertz CT molecular complexity index is 336. The summed E-state index contributed by atoms with van der Waals surface area (Å²) in [6.07, 6.45) is 0.809. The zero-order chi connectivity index (χ0) is 11.3. The second-order valence-corrected chi connectivity index (χ2v) is 3.59. The molecule has 15 heavy (non-hydrogen) atoms. The van der Waals surface area contributed by atoms with Crippen LogP contribution in [0.5, 0.6) is 0 Å². The van der Waals surface area contributed by atoms with Gasteiger partial charge in [0.05, 0.1) is 0 Å². The second-order valence-electron chi connectivity index (χ2n) is 3.59. The molecule has 2 amide bonds. The van der Waals surface area contributed by atoms with Gasteiger partial charge in [-0.1, -0.05) is 12.1 Å². The normalized spacial score (nSPS) is 11.9. The number of hydrogen-bond acceptors (Lipinski definition) is 2. The molecular formula is C11H17N3O. The van der Waals surface area contributed by atoms with Crippen molar-refractivity contribution in [2.24, 2.45) is 5.73 Å². The molecular weight excluding hydrogens is 190 g/mol. The fourth-order valence-electron chi connectivity index (χ4n) is 1.34. The van der Waals surface area contributed by atoms with Crippen LogP contribution in [0.1, 0.15) is 12.5 Å². The van der Waals surface area contributed by atoms with Crippen molar-refractivity contribution in [2.45, 2.75) is 19.4 Å². The van der Waals surface area contributed by atoms with Crippen molar-refractivity contribution in [3.8, 4) is 0 Å². The lowest BCUT2D eigenvalue weighted by Gasteiger charge is -2.08. The number of urea groups is 1. The predicted molar refractivity (Wildman–Crippen MR) is 61.9 cm³/mol.